The number of benzene rings is 1. The fourth-order valence-corrected chi connectivity index (χ4v) is 1.43. The van der Waals surface area contributed by atoms with Gasteiger partial charge in [-0.15, -0.1) is 0 Å². The van der Waals surface area contributed by atoms with Gasteiger partial charge in [0.05, 0.1) is 11.3 Å². The molecule has 0 aliphatic rings. The van der Waals surface area contributed by atoms with E-state index in [0.717, 1.165) is 6.42 Å². The molecule has 0 spiro atoms. The molecule has 0 heterocycles. The van der Waals surface area contributed by atoms with Gasteiger partial charge >= 0.3 is 0 Å². The van der Waals surface area contributed by atoms with Gasteiger partial charge < -0.3 is 11.1 Å². The van der Waals surface area contributed by atoms with Gasteiger partial charge in [0.1, 0.15) is 6.07 Å². The Hall–Kier alpha value is -2.02. The Morgan fingerprint density at radius 2 is 2.29 bits per heavy atom. The molecule has 3 N–H and O–H groups in total. The van der Waals surface area contributed by atoms with E-state index in [-0.39, 0.29) is 5.91 Å². The Balaban J connectivity index is 2.75. The van der Waals surface area contributed by atoms with Gasteiger partial charge in [-0.2, -0.15) is 5.26 Å². The highest BCUT2D eigenvalue weighted by molar-refractivity contribution is 5.92. The van der Waals surface area contributed by atoms with Crippen LogP contribution in [-0.2, 0) is 4.79 Å². The van der Waals surface area contributed by atoms with Crippen molar-refractivity contribution in [3.05, 3.63) is 23.8 Å². The van der Waals surface area contributed by atoms with Crippen LogP contribution in [0.15, 0.2) is 18.2 Å². The van der Waals surface area contributed by atoms with E-state index in [1.54, 1.807) is 18.2 Å². The number of nitrogens with two attached hydrogens (primary N) is 1. The maximum atomic E-state index is 11.7. The smallest absolute Gasteiger partial charge is 0.224 e. The largest absolute Gasteiger partial charge is 0.399 e. The fraction of sp³-hybridized carbons (Fsp3) is 0.385. The molecular weight excluding hydrogens is 214 g/mol. The Morgan fingerprint density at radius 3 is 2.88 bits per heavy atom. The summed E-state index contributed by atoms with van der Waals surface area (Å²) in [4.78, 5) is 11.7. The third-order valence-corrected chi connectivity index (χ3v) is 2.67. The number of carbonyl (C=O) groups is 1. The summed E-state index contributed by atoms with van der Waals surface area (Å²) < 4.78 is 0. The number of anilines is 2. The number of nitrogen functional groups attached to an aromatic ring is 1. The summed E-state index contributed by atoms with van der Waals surface area (Å²) >= 11 is 0. The molecule has 4 nitrogen and oxygen atoms in total. The molecule has 1 atom stereocenters. The highest BCUT2D eigenvalue weighted by Crippen LogP contribution is 2.18. The van der Waals surface area contributed by atoms with Crippen LogP contribution < -0.4 is 11.1 Å². The molecular formula is C13H17N3O. The predicted molar refractivity (Wildman–Crippen MR) is 68.3 cm³/mol. The van der Waals surface area contributed by atoms with Crippen LogP contribution in [0.5, 0.6) is 0 Å². The minimum atomic E-state index is -0.0689. The first-order valence-electron chi connectivity index (χ1n) is 5.66. The van der Waals surface area contributed by atoms with Crippen molar-refractivity contribution in [3.63, 3.8) is 0 Å². The normalized spacial score (nSPS) is 11.6. The molecule has 0 bridgehead atoms. The molecule has 0 radical (unpaired) electrons. The monoisotopic (exact) mass is 231 g/mol. The van der Waals surface area contributed by atoms with E-state index >= 15 is 0 Å². The van der Waals surface area contributed by atoms with Crippen LogP contribution in [0.1, 0.15) is 32.3 Å². The van der Waals surface area contributed by atoms with Gasteiger partial charge in [-0.25, -0.2) is 0 Å². The Kier molecular flexibility index (Phi) is 4.53. The van der Waals surface area contributed by atoms with Gasteiger partial charge in [-0.1, -0.05) is 20.3 Å². The lowest BCUT2D eigenvalue weighted by Crippen LogP contribution is -2.15. The van der Waals surface area contributed by atoms with Crippen LogP contribution in [0.2, 0.25) is 0 Å². The van der Waals surface area contributed by atoms with E-state index in [0.29, 0.717) is 29.3 Å². The molecule has 1 aromatic rings. The first-order chi connectivity index (χ1) is 8.06. The van der Waals surface area contributed by atoms with E-state index in [2.05, 4.69) is 5.32 Å². The van der Waals surface area contributed by atoms with Crippen LogP contribution in [0.25, 0.3) is 0 Å². The van der Waals surface area contributed by atoms with Crippen molar-refractivity contribution in [1.82, 2.24) is 0 Å². The summed E-state index contributed by atoms with van der Waals surface area (Å²) in [6, 6.07) is 6.89. The third-order valence-electron chi connectivity index (χ3n) is 2.67. The summed E-state index contributed by atoms with van der Waals surface area (Å²) in [6.45, 7) is 4.07. The van der Waals surface area contributed by atoms with Crippen molar-refractivity contribution in [3.8, 4) is 6.07 Å². The minimum Gasteiger partial charge on any atom is -0.399 e. The average Bonchev–Trinajstić information content (AvgIpc) is 2.31. The van der Waals surface area contributed by atoms with Gasteiger partial charge in [0.25, 0.3) is 0 Å². The number of hydrogen-bond acceptors (Lipinski definition) is 3. The van der Waals surface area contributed by atoms with Gasteiger partial charge in [0, 0.05) is 12.1 Å². The van der Waals surface area contributed by atoms with Crippen molar-refractivity contribution in [2.75, 3.05) is 11.1 Å². The molecule has 0 saturated heterocycles. The SMILES string of the molecule is CCC(C)CC(=O)Nc1ccc(N)cc1C#N. The second-order valence-electron chi connectivity index (χ2n) is 4.18. The van der Waals surface area contributed by atoms with Crippen molar-refractivity contribution < 1.29 is 4.79 Å². The van der Waals surface area contributed by atoms with Crippen molar-refractivity contribution in [1.29, 1.82) is 5.26 Å². The molecule has 1 rings (SSSR count). The lowest BCUT2D eigenvalue weighted by Gasteiger charge is -2.10. The van der Waals surface area contributed by atoms with Crippen LogP contribution in [0, 0.1) is 17.2 Å². The highest BCUT2D eigenvalue weighted by Gasteiger charge is 2.10. The summed E-state index contributed by atoms with van der Waals surface area (Å²) in [5, 5.41) is 11.7. The first kappa shape index (κ1) is 13.0. The summed E-state index contributed by atoms with van der Waals surface area (Å²) in [6.07, 6.45) is 1.42. The number of carbonyl (C=O) groups excluding carboxylic acids is 1. The molecule has 1 unspecified atom stereocenters. The van der Waals surface area contributed by atoms with Crippen molar-refractivity contribution in [2.45, 2.75) is 26.7 Å². The van der Waals surface area contributed by atoms with E-state index < -0.39 is 0 Å². The van der Waals surface area contributed by atoms with Crippen LogP contribution in [-0.4, -0.2) is 5.91 Å². The second-order valence-corrected chi connectivity index (χ2v) is 4.18. The zero-order valence-corrected chi connectivity index (χ0v) is 10.2. The molecule has 0 aliphatic heterocycles. The van der Waals surface area contributed by atoms with Crippen LogP contribution in [0.4, 0.5) is 11.4 Å². The van der Waals surface area contributed by atoms with Crippen LogP contribution >= 0.6 is 0 Å². The molecule has 1 aromatic carbocycles. The lowest BCUT2D eigenvalue weighted by molar-refractivity contribution is -0.117. The third kappa shape index (κ3) is 3.80. The molecule has 17 heavy (non-hydrogen) atoms. The van der Waals surface area contributed by atoms with Gasteiger partial charge in [-0.3, -0.25) is 4.79 Å². The molecule has 0 fully saturated rings. The highest BCUT2D eigenvalue weighted by atomic mass is 16.1. The van der Waals surface area contributed by atoms with Gasteiger partial charge in [0.15, 0.2) is 0 Å². The number of nitriles is 1. The zero-order chi connectivity index (χ0) is 12.8. The van der Waals surface area contributed by atoms with Crippen molar-refractivity contribution >= 4 is 17.3 Å². The molecule has 1 amide bonds. The summed E-state index contributed by atoms with van der Waals surface area (Å²) in [5.74, 6) is 0.273. The van der Waals surface area contributed by atoms with E-state index in [1.165, 1.54) is 0 Å². The quantitative estimate of drug-likeness (QED) is 0.781. The molecule has 0 aromatic heterocycles. The minimum absolute atomic E-state index is 0.0689. The molecule has 0 saturated carbocycles. The fourth-order valence-electron chi connectivity index (χ4n) is 1.43. The predicted octanol–water partition coefficient (Wildman–Crippen LogP) is 2.52. The van der Waals surface area contributed by atoms with Crippen LogP contribution in [0.3, 0.4) is 0 Å². The standard InChI is InChI=1S/C13H17N3O/c1-3-9(2)6-13(17)16-12-5-4-11(15)7-10(12)8-14/h4-5,7,9H,3,6,15H2,1-2H3,(H,16,17). The van der Waals surface area contributed by atoms with E-state index in [4.69, 9.17) is 11.0 Å². The number of rotatable bonds is 4. The lowest BCUT2D eigenvalue weighted by atomic mass is 10.0. The maximum absolute atomic E-state index is 11.7. The van der Waals surface area contributed by atoms with Crippen molar-refractivity contribution in [2.24, 2.45) is 5.92 Å². The van der Waals surface area contributed by atoms with Gasteiger partial charge in [-0.05, 0) is 24.1 Å². The summed E-state index contributed by atoms with van der Waals surface area (Å²) in [7, 11) is 0. The van der Waals surface area contributed by atoms with E-state index in [1.807, 2.05) is 19.9 Å². The second kappa shape index (κ2) is 5.90. The number of nitrogens with zero attached hydrogens (tertiary/aromatic N) is 1. The van der Waals surface area contributed by atoms with E-state index in [9.17, 15) is 4.79 Å². The molecule has 4 heteroatoms. The Morgan fingerprint density at radius 1 is 1.59 bits per heavy atom. The number of hydrogen-bond donors (Lipinski definition) is 2. The molecule has 90 valence electrons. The molecule has 0 aliphatic carbocycles. The van der Waals surface area contributed by atoms with Gasteiger partial charge in [0.2, 0.25) is 5.91 Å². The number of amides is 1. The number of nitrogens with one attached hydrogen (secondary N) is 1. The topological polar surface area (TPSA) is 78.9 Å². The first-order valence-corrected chi connectivity index (χ1v) is 5.66. The maximum Gasteiger partial charge on any atom is 0.224 e. The Bertz CT molecular complexity index is 448. The average molecular weight is 231 g/mol. The zero-order valence-electron chi connectivity index (χ0n) is 10.2. The summed E-state index contributed by atoms with van der Waals surface area (Å²) in [5.41, 5.74) is 7.00. The Labute approximate surface area is 101 Å².